The number of amidine groups is 1. The highest BCUT2D eigenvalue weighted by molar-refractivity contribution is 7.20. The highest BCUT2D eigenvalue weighted by atomic mass is 32.1. The molecule has 12 rings (SSSR count). The van der Waals surface area contributed by atoms with E-state index in [2.05, 4.69) is 179 Å². The molecule has 1 aliphatic heterocycles. The summed E-state index contributed by atoms with van der Waals surface area (Å²) < 4.78 is 10.4. The van der Waals surface area contributed by atoms with Gasteiger partial charge in [-0.25, -0.2) is 4.99 Å². The minimum Gasteiger partial charge on any atom is -0.456 e. The van der Waals surface area contributed by atoms with Crippen LogP contribution in [-0.2, 0) is 6.42 Å². The first kappa shape index (κ1) is 32.5. The predicted molar refractivity (Wildman–Crippen MR) is 237 cm³/mol. The first-order valence-corrected chi connectivity index (χ1v) is 20.4. The monoisotopic (exact) mass is 752 g/mol. The second-order valence-corrected chi connectivity index (χ2v) is 16.2. The number of thiophene rings is 1. The lowest BCUT2D eigenvalue weighted by molar-refractivity contribution is 0.409. The van der Waals surface area contributed by atoms with Crippen molar-refractivity contribution in [2.24, 2.45) is 4.99 Å². The number of hydrogen-bond acceptors (Lipinski definition) is 5. The van der Waals surface area contributed by atoms with Crippen LogP contribution in [0.4, 0.5) is 0 Å². The molecule has 57 heavy (non-hydrogen) atoms. The van der Waals surface area contributed by atoms with Crippen LogP contribution < -0.4 is 10.6 Å². The fraction of sp³-hybridized carbons (Fsp3) is 0.0784. The molecule has 0 saturated heterocycles. The Bertz CT molecular complexity index is 3190. The summed E-state index contributed by atoms with van der Waals surface area (Å²) in [4.78, 5) is 6.52. The summed E-state index contributed by atoms with van der Waals surface area (Å²) in [5.74, 6) is 0.866. The van der Waals surface area contributed by atoms with Gasteiger partial charge < -0.3 is 14.3 Å². The second-order valence-electron chi connectivity index (χ2n) is 15.2. The molecule has 4 heterocycles. The molecule has 3 atom stereocenters. The summed E-state index contributed by atoms with van der Waals surface area (Å²) in [5, 5.41) is 13.6. The second kappa shape index (κ2) is 12.9. The molecule has 0 saturated carbocycles. The lowest BCUT2D eigenvalue weighted by atomic mass is 9.95. The molecule has 3 unspecified atom stereocenters. The van der Waals surface area contributed by atoms with Crippen molar-refractivity contribution in [3.05, 3.63) is 197 Å². The average Bonchev–Trinajstić information content (AvgIpc) is 3.95. The predicted octanol–water partition coefficient (Wildman–Crippen LogP) is 12.7. The highest BCUT2D eigenvalue weighted by Crippen LogP contribution is 2.43. The zero-order valence-electron chi connectivity index (χ0n) is 30.9. The van der Waals surface area contributed by atoms with Crippen molar-refractivity contribution in [1.29, 1.82) is 0 Å². The first-order chi connectivity index (χ1) is 28.2. The number of benzene rings is 7. The number of fused-ring (bicyclic) bond motifs is 9. The van der Waals surface area contributed by atoms with Crippen molar-refractivity contribution >= 4 is 77.1 Å². The van der Waals surface area contributed by atoms with Crippen molar-refractivity contribution in [2.75, 3.05) is 0 Å². The van der Waals surface area contributed by atoms with Crippen LogP contribution in [0.3, 0.4) is 0 Å². The Labute approximate surface area is 333 Å². The maximum atomic E-state index is 6.52. The molecule has 0 amide bonds. The number of nitrogens with one attached hydrogen (secondary N) is 2. The van der Waals surface area contributed by atoms with Crippen molar-refractivity contribution in [3.8, 4) is 11.1 Å². The SMILES string of the molecule is C1=CC(n2c3ccccc3c3ccccc32)Cc2c1sc1cc(-c3ccc4oc5cc(C6N=C(c7ccccc7)NC(c7ccccc7)N6)ccc5c4c3)ccc21. The van der Waals surface area contributed by atoms with Crippen LogP contribution in [0.15, 0.2) is 179 Å². The van der Waals surface area contributed by atoms with Gasteiger partial charge in [0.15, 0.2) is 0 Å². The third-order valence-corrected chi connectivity index (χ3v) is 13.0. The van der Waals surface area contributed by atoms with Crippen LogP contribution in [0.1, 0.15) is 45.5 Å². The number of nitrogens with zero attached hydrogens (tertiary/aromatic N) is 2. The largest absolute Gasteiger partial charge is 0.456 e. The first-order valence-electron chi connectivity index (χ1n) is 19.6. The van der Waals surface area contributed by atoms with E-state index < -0.39 is 0 Å². The number of rotatable bonds is 5. The molecular formula is C51H36N4OS. The van der Waals surface area contributed by atoms with E-state index in [0.29, 0.717) is 0 Å². The average molecular weight is 753 g/mol. The lowest BCUT2D eigenvalue weighted by Crippen LogP contribution is -2.44. The number of furan rings is 1. The Morgan fingerprint density at radius 1 is 0.579 bits per heavy atom. The maximum Gasteiger partial charge on any atom is 0.135 e. The Morgan fingerprint density at radius 3 is 2.09 bits per heavy atom. The van der Waals surface area contributed by atoms with Crippen molar-refractivity contribution in [2.45, 2.75) is 24.8 Å². The summed E-state index contributed by atoms with van der Waals surface area (Å²) in [6.07, 6.45) is 5.38. The van der Waals surface area contributed by atoms with Gasteiger partial charge in [-0.1, -0.05) is 133 Å². The van der Waals surface area contributed by atoms with Gasteiger partial charge in [-0.05, 0) is 82.1 Å². The minimum absolute atomic E-state index is 0.0958. The number of aromatic nitrogens is 1. The van der Waals surface area contributed by atoms with E-state index in [-0.39, 0.29) is 18.4 Å². The zero-order valence-corrected chi connectivity index (χ0v) is 31.7. The van der Waals surface area contributed by atoms with Crippen LogP contribution in [0.2, 0.25) is 0 Å². The Morgan fingerprint density at radius 2 is 1.28 bits per heavy atom. The van der Waals surface area contributed by atoms with E-state index in [4.69, 9.17) is 9.41 Å². The molecular weight excluding hydrogens is 717 g/mol. The van der Waals surface area contributed by atoms with Gasteiger partial charge in [0.25, 0.3) is 0 Å². The summed E-state index contributed by atoms with van der Waals surface area (Å²) in [7, 11) is 0. The van der Waals surface area contributed by atoms with Crippen LogP contribution in [-0.4, -0.2) is 10.4 Å². The van der Waals surface area contributed by atoms with E-state index in [1.54, 1.807) is 0 Å². The van der Waals surface area contributed by atoms with Gasteiger partial charge in [0.05, 0.1) is 6.04 Å². The molecule has 3 aromatic heterocycles. The number of hydrogen-bond donors (Lipinski definition) is 2. The van der Waals surface area contributed by atoms with Crippen LogP contribution in [0.5, 0.6) is 0 Å². The topological polar surface area (TPSA) is 54.5 Å². The molecule has 1 aliphatic carbocycles. The molecule has 5 nitrogen and oxygen atoms in total. The lowest BCUT2D eigenvalue weighted by Gasteiger charge is -2.32. The third-order valence-electron chi connectivity index (χ3n) is 11.8. The highest BCUT2D eigenvalue weighted by Gasteiger charge is 2.27. The van der Waals surface area contributed by atoms with E-state index in [0.717, 1.165) is 50.9 Å². The fourth-order valence-electron chi connectivity index (χ4n) is 9.09. The number of allylic oxidation sites excluding steroid dienone is 1. The maximum absolute atomic E-state index is 6.52. The molecule has 0 bridgehead atoms. The fourth-order valence-corrected chi connectivity index (χ4v) is 10.3. The van der Waals surface area contributed by atoms with Crippen LogP contribution in [0.25, 0.3) is 71.0 Å². The molecule has 10 aromatic rings. The normalized spacial score (nSPS) is 18.0. The summed E-state index contributed by atoms with van der Waals surface area (Å²) in [6, 6.07) is 58.8. The molecule has 0 spiro atoms. The van der Waals surface area contributed by atoms with Gasteiger partial charge in [-0.2, -0.15) is 0 Å². The van der Waals surface area contributed by atoms with Crippen molar-refractivity contribution in [3.63, 3.8) is 0 Å². The quantitative estimate of drug-likeness (QED) is 0.184. The van der Waals surface area contributed by atoms with E-state index in [1.807, 2.05) is 23.5 Å². The van der Waals surface area contributed by atoms with E-state index >= 15 is 0 Å². The minimum atomic E-state index is -0.254. The van der Waals surface area contributed by atoms with Gasteiger partial charge in [0.2, 0.25) is 0 Å². The molecule has 6 heteroatoms. The van der Waals surface area contributed by atoms with Crippen LogP contribution >= 0.6 is 11.3 Å². The van der Waals surface area contributed by atoms with E-state index in [1.165, 1.54) is 53.5 Å². The van der Waals surface area contributed by atoms with Crippen molar-refractivity contribution in [1.82, 2.24) is 15.2 Å². The molecule has 2 N–H and O–H groups in total. The van der Waals surface area contributed by atoms with Crippen LogP contribution in [0, 0.1) is 0 Å². The number of aliphatic imine (C=N–C) groups is 1. The van der Waals surface area contributed by atoms with Gasteiger partial charge in [-0.15, -0.1) is 11.3 Å². The number of para-hydroxylation sites is 2. The smallest absolute Gasteiger partial charge is 0.135 e. The van der Waals surface area contributed by atoms with Gasteiger partial charge in [0.1, 0.15) is 29.3 Å². The molecule has 272 valence electrons. The molecule has 7 aromatic carbocycles. The van der Waals surface area contributed by atoms with Crippen molar-refractivity contribution < 1.29 is 4.42 Å². The summed E-state index contributed by atoms with van der Waals surface area (Å²) >= 11 is 1.90. The molecule has 2 aliphatic rings. The van der Waals surface area contributed by atoms with Gasteiger partial charge >= 0.3 is 0 Å². The summed E-state index contributed by atoms with van der Waals surface area (Å²) in [6.45, 7) is 0. The van der Waals surface area contributed by atoms with Gasteiger partial charge in [0, 0.05) is 47.7 Å². The third kappa shape index (κ3) is 5.36. The zero-order chi connectivity index (χ0) is 37.5. The standard InChI is InChI=1S/C51H36N4OS/c1-3-11-31(12-4-1)49-52-50(32-13-5-2-6-14-32)54-51(53-49)35-20-23-39-41-27-33(21-25-45(41)56-46(39)28-35)34-19-24-40-42-30-36(22-26-47(42)57-48(40)29-34)55-43-17-9-7-15-37(43)38-16-8-10-18-44(38)55/h1-29,36,49,51,53H,30H2,(H,52,54). The molecule has 0 radical (unpaired) electrons. The van der Waals surface area contributed by atoms with E-state index in [9.17, 15) is 0 Å². The van der Waals surface area contributed by atoms with Gasteiger partial charge in [-0.3, -0.25) is 5.32 Å². The molecule has 0 fully saturated rings. The summed E-state index contributed by atoms with van der Waals surface area (Å²) in [5.41, 5.74) is 11.4. The Hall–Kier alpha value is -6.73. The Kier molecular flexibility index (Phi) is 7.37. The Balaban J connectivity index is 0.869.